The van der Waals surface area contributed by atoms with E-state index in [4.69, 9.17) is 4.74 Å². The van der Waals surface area contributed by atoms with E-state index in [1.165, 1.54) is 6.33 Å². The Kier molecular flexibility index (Phi) is 3.60. The van der Waals surface area contributed by atoms with Crippen LogP contribution in [0.3, 0.4) is 0 Å². The zero-order valence-electron chi connectivity index (χ0n) is 12.1. The van der Waals surface area contributed by atoms with E-state index in [2.05, 4.69) is 34.1 Å². The molecule has 0 saturated carbocycles. The molecule has 0 saturated heterocycles. The van der Waals surface area contributed by atoms with E-state index in [-0.39, 0.29) is 5.78 Å². The molecule has 6 nitrogen and oxygen atoms in total. The molecule has 0 unspecified atom stereocenters. The Hall–Kier alpha value is -2.37. The number of hydrogen-bond acceptors (Lipinski definition) is 5. The van der Waals surface area contributed by atoms with Crippen LogP contribution in [0.25, 0.3) is 16.7 Å². The Morgan fingerprint density at radius 2 is 2.24 bits per heavy atom. The highest BCUT2D eigenvalue weighted by Gasteiger charge is 2.18. The molecule has 0 bridgehead atoms. The van der Waals surface area contributed by atoms with E-state index in [1.54, 1.807) is 6.08 Å². The van der Waals surface area contributed by atoms with Gasteiger partial charge < -0.3 is 15.0 Å². The summed E-state index contributed by atoms with van der Waals surface area (Å²) >= 11 is 0. The van der Waals surface area contributed by atoms with Crippen molar-refractivity contribution in [3.05, 3.63) is 24.2 Å². The minimum absolute atomic E-state index is 0.125. The first-order chi connectivity index (χ1) is 10.1. The molecule has 2 N–H and O–H groups in total. The van der Waals surface area contributed by atoms with E-state index >= 15 is 0 Å². The molecular weight excluding hydrogens is 268 g/mol. The predicted molar refractivity (Wildman–Crippen MR) is 79.8 cm³/mol. The molecule has 2 aromatic rings. The Morgan fingerprint density at radius 3 is 3.00 bits per heavy atom. The summed E-state index contributed by atoms with van der Waals surface area (Å²) in [6.07, 6.45) is 5.47. The summed E-state index contributed by atoms with van der Waals surface area (Å²) in [6.45, 7) is 5.40. The van der Waals surface area contributed by atoms with Gasteiger partial charge in [0.05, 0.1) is 12.0 Å². The minimum Gasteiger partial charge on any atom is -0.477 e. The maximum atomic E-state index is 11.6. The minimum atomic E-state index is 0.125. The largest absolute Gasteiger partial charge is 0.477 e. The number of carbonyl (C=O) groups excluding carboxylic acids is 1. The first-order valence-corrected chi connectivity index (χ1v) is 7.09. The zero-order valence-corrected chi connectivity index (χ0v) is 12.1. The van der Waals surface area contributed by atoms with Gasteiger partial charge in [0.1, 0.15) is 12.0 Å². The molecular formula is C15H18N4O2. The number of hydrogen-bond donors (Lipinski definition) is 2. The highest BCUT2D eigenvalue weighted by atomic mass is 16.5. The summed E-state index contributed by atoms with van der Waals surface area (Å²) < 4.78 is 5.79. The fourth-order valence-corrected chi connectivity index (χ4v) is 2.28. The predicted octanol–water partition coefficient (Wildman–Crippen LogP) is 1.90. The average Bonchev–Trinajstić information content (AvgIpc) is 2.89. The summed E-state index contributed by atoms with van der Waals surface area (Å²) in [4.78, 5) is 23.2. The second-order valence-corrected chi connectivity index (χ2v) is 5.51. The van der Waals surface area contributed by atoms with Gasteiger partial charge in [0.15, 0.2) is 5.78 Å². The van der Waals surface area contributed by atoms with Crippen LogP contribution >= 0.6 is 0 Å². The first-order valence-electron chi connectivity index (χ1n) is 7.09. The highest BCUT2D eigenvalue weighted by molar-refractivity contribution is 6.02. The van der Waals surface area contributed by atoms with Gasteiger partial charge in [0.25, 0.3) is 0 Å². The average molecular weight is 286 g/mol. The van der Waals surface area contributed by atoms with Crippen molar-refractivity contribution in [3.8, 4) is 5.88 Å². The number of carbonyl (C=O) groups is 1. The molecule has 6 heteroatoms. The molecule has 1 aliphatic heterocycles. The molecule has 0 radical (unpaired) electrons. The molecule has 0 fully saturated rings. The fraction of sp³-hybridized carbons (Fsp3) is 0.400. The third-order valence-electron chi connectivity index (χ3n) is 3.27. The lowest BCUT2D eigenvalue weighted by Gasteiger charge is -2.15. The molecule has 0 aliphatic carbocycles. The van der Waals surface area contributed by atoms with Gasteiger partial charge >= 0.3 is 0 Å². The third-order valence-corrected chi connectivity index (χ3v) is 3.27. The molecule has 2 aromatic heterocycles. The van der Waals surface area contributed by atoms with Crippen molar-refractivity contribution in [1.82, 2.24) is 20.3 Å². The number of rotatable bonds is 4. The molecule has 0 amide bonds. The lowest BCUT2D eigenvalue weighted by molar-refractivity contribution is -0.114. The van der Waals surface area contributed by atoms with E-state index in [0.29, 0.717) is 37.0 Å². The molecule has 0 aromatic carbocycles. The van der Waals surface area contributed by atoms with Crippen LogP contribution in [0.2, 0.25) is 0 Å². The summed E-state index contributed by atoms with van der Waals surface area (Å²) in [5, 5.41) is 4.06. The summed E-state index contributed by atoms with van der Waals surface area (Å²) in [5.74, 6) is 1.08. The standard InChI is InChI=1S/C15H18N4O2/c1-9(2)7-21-15-13-11(6-17-14(13)18-8-19-15)12-5-10(20)3-4-16-12/h5-6,8-9,16H,3-4,7H2,1-2H3,(H,17,18,19). The third kappa shape index (κ3) is 2.74. The monoisotopic (exact) mass is 286 g/mol. The van der Waals surface area contributed by atoms with Crippen LogP contribution in [0.15, 0.2) is 18.6 Å². The number of ketones is 1. The quantitative estimate of drug-likeness (QED) is 0.897. The summed E-state index contributed by atoms with van der Waals surface area (Å²) in [7, 11) is 0. The molecule has 21 heavy (non-hydrogen) atoms. The number of allylic oxidation sites excluding steroid dienone is 1. The normalized spacial score (nSPS) is 15.2. The number of aromatic nitrogens is 3. The van der Waals surface area contributed by atoms with Gasteiger partial charge in [-0.2, -0.15) is 0 Å². The van der Waals surface area contributed by atoms with Crippen molar-refractivity contribution in [2.45, 2.75) is 20.3 Å². The van der Waals surface area contributed by atoms with Gasteiger partial charge in [-0.1, -0.05) is 13.8 Å². The lowest BCUT2D eigenvalue weighted by Crippen LogP contribution is -2.22. The molecule has 0 atom stereocenters. The van der Waals surface area contributed by atoms with Crippen molar-refractivity contribution in [3.63, 3.8) is 0 Å². The van der Waals surface area contributed by atoms with Crippen LogP contribution in [-0.2, 0) is 4.79 Å². The van der Waals surface area contributed by atoms with Crippen LogP contribution in [0.1, 0.15) is 25.8 Å². The van der Waals surface area contributed by atoms with Gasteiger partial charge in [0, 0.05) is 36.5 Å². The fourth-order valence-electron chi connectivity index (χ4n) is 2.28. The van der Waals surface area contributed by atoms with Gasteiger partial charge in [0.2, 0.25) is 5.88 Å². The number of fused-ring (bicyclic) bond motifs is 1. The van der Waals surface area contributed by atoms with Crippen molar-refractivity contribution >= 4 is 22.5 Å². The van der Waals surface area contributed by atoms with Gasteiger partial charge in [-0.25, -0.2) is 9.97 Å². The smallest absolute Gasteiger partial charge is 0.226 e. The molecule has 110 valence electrons. The van der Waals surface area contributed by atoms with E-state index in [0.717, 1.165) is 16.6 Å². The van der Waals surface area contributed by atoms with Gasteiger partial charge in [-0.3, -0.25) is 4.79 Å². The molecule has 1 aliphatic rings. The van der Waals surface area contributed by atoms with Crippen LogP contribution in [0.4, 0.5) is 0 Å². The molecule has 3 rings (SSSR count). The topological polar surface area (TPSA) is 79.9 Å². The van der Waals surface area contributed by atoms with E-state index in [1.807, 2.05) is 6.20 Å². The van der Waals surface area contributed by atoms with Crippen molar-refractivity contribution in [2.75, 3.05) is 13.2 Å². The number of aromatic amines is 1. The number of ether oxygens (including phenoxy) is 1. The Bertz CT molecular complexity index is 703. The van der Waals surface area contributed by atoms with Crippen molar-refractivity contribution in [2.24, 2.45) is 5.92 Å². The SMILES string of the molecule is CC(C)COc1ncnc2[nH]cc(C3=CC(=O)CCN3)c12. The second kappa shape index (κ2) is 5.55. The van der Waals surface area contributed by atoms with E-state index < -0.39 is 0 Å². The lowest BCUT2D eigenvalue weighted by atomic mass is 10.1. The molecule has 0 spiro atoms. The Labute approximate surface area is 122 Å². The number of H-pyrrole nitrogens is 1. The molecule has 3 heterocycles. The maximum Gasteiger partial charge on any atom is 0.226 e. The highest BCUT2D eigenvalue weighted by Crippen LogP contribution is 2.30. The van der Waals surface area contributed by atoms with Crippen LogP contribution in [0.5, 0.6) is 5.88 Å². The zero-order chi connectivity index (χ0) is 14.8. The van der Waals surface area contributed by atoms with Crippen LogP contribution in [-0.4, -0.2) is 33.9 Å². The summed E-state index contributed by atoms with van der Waals surface area (Å²) in [5.41, 5.74) is 2.37. The Balaban J connectivity index is 2.05. The van der Waals surface area contributed by atoms with Crippen LogP contribution in [0, 0.1) is 5.92 Å². The number of nitrogens with one attached hydrogen (secondary N) is 2. The number of nitrogens with zero attached hydrogens (tertiary/aromatic N) is 2. The van der Waals surface area contributed by atoms with Gasteiger partial charge in [-0.15, -0.1) is 0 Å². The van der Waals surface area contributed by atoms with Gasteiger partial charge in [-0.05, 0) is 5.92 Å². The second-order valence-electron chi connectivity index (χ2n) is 5.51. The first kappa shape index (κ1) is 13.6. The van der Waals surface area contributed by atoms with Crippen LogP contribution < -0.4 is 10.1 Å². The van der Waals surface area contributed by atoms with E-state index in [9.17, 15) is 4.79 Å². The Morgan fingerprint density at radius 1 is 1.38 bits per heavy atom. The summed E-state index contributed by atoms with van der Waals surface area (Å²) in [6, 6.07) is 0. The van der Waals surface area contributed by atoms with Crippen molar-refractivity contribution < 1.29 is 9.53 Å². The maximum absolute atomic E-state index is 11.6. The van der Waals surface area contributed by atoms with Crippen molar-refractivity contribution in [1.29, 1.82) is 0 Å².